The van der Waals surface area contributed by atoms with Gasteiger partial charge in [-0.25, -0.2) is 8.78 Å². The predicted molar refractivity (Wildman–Crippen MR) is 124 cm³/mol. The summed E-state index contributed by atoms with van der Waals surface area (Å²) >= 11 is 7.57. The van der Waals surface area contributed by atoms with Crippen molar-refractivity contribution in [2.45, 2.75) is 25.4 Å². The van der Waals surface area contributed by atoms with Gasteiger partial charge >= 0.3 is 0 Å². The largest absolute Gasteiger partial charge is 0.491 e. The molecule has 6 nitrogen and oxygen atoms in total. The van der Waals surface area contributed by atoms with Gasteiger partial charge in [0.25, 0.3) is 5.91 Å². The van der Waals surface area contributed by atoms with Gasteiger partial charge in [-0.2, -0.15) is 5.26 Å². The molecule has 0 saturated carbocycles. The van der Waals surface area contributed by atoms with E-state index in [9.17, 15) is 14.4 Å². The lowest BCUT2D eigenvalue weighted by atomic mass is 9.95. The third kappa shape index (κ3) is 3.41. The Labute approximate surface area is 197 Å². The van der Waals surface area contributed by atoms with Gasteiger partial charge in [-0.3, -0.25) is 4.79 Å². The minimum absolute atomic E-state index is 0.0451. The van der Waals surface area contributed by atoms with Crippen molar-refractivity contribution >= 4 is 43.9 Å². The number of carbonyl (C=O) groups is 1. The van der Waals surface area contributed by atoms with Gasteiger partial charge in [-0.1, -0.05) is 17.7 Å². The molecule has 33 heavy (non-hydrogen) atoms. The zero-order chi connectivity index (χ0) is 23.4. The molecule has 0 aliphatic carbocycles. The zero-order valence-corrected chi connectivity index (χ0v) is 19.1. The highest BCUT2D eigenvalue weighted by Crippen LogP contribution is 2.47. The molecule has 0 radical (unpaired) electrons. The Hall–Kier alpha value is -2.93. The fraction of sp³-hybridized carbons (Fsp3) is 0.304. The maximum absolute atomic E-state index is 15.6. The van der Waals surface area contributed by atoms with E-state index in [1.165, 1.54) is 12.1 Å². The first-order valence-electron chi connectivity index (χ1n) is 10.4. The lowest BCUT2D eigenvalue weighted by Crippen LogP contribution is -2.58. The average Bonchev–Trinajstić information content (AvgIpc) is 3.13. The van der Waals surface area contributed by atoms with Crippen LogP contribution in [0.3, 0.4) is 0 Å². The number of nitrogens with one attached hydrogen (secondary N) is 1. The average molecular weight is 489 g/mol. The van der Waals surface area contributed by atoms with E-state index in [0.29, 0.717) is 19.5 Å². The number of fused-ring (bicyclic) bond motifs is 3. The van der Waals surface area contributed by atoms with Gasteiger partial charge in [0.2, 0.25) is 0 Å². The maximum Gasteiger partial charge on any atom is 0.258 e. The molecular formula is C23H19ClF2N4O2S. The van der Waals surface area contributed by atoms with Crippen molar-refractivity contribution in [3.8, 4) is 22.9 Å². The van der Waals surface area contributed by atoms with Gasteiger partial charge in [0, 0.05) is 42.5 Å². The van der Waals surface area contributed by atoms with Crippen molar-refractivity contribution in [1.29, 1.82) is 5.26 Å². The molecule has 0 bridgehead atoms. The number of piperazine rings is 1. The van der Waals surface area contributed by atoms with Gasteiger partial charge < -0.3 is 20.7 Å². The number of rotatable bonds is 1. The lowest BCUT2D eigenvalue weighted by molar-refractivity contribution is 0.0527. The number of nitrogen functional groups attached to an aromatic ring is 1. The molecule has 170 valence electrons. The Morgan fingerprint density at radius 2 is 2.12 bits per heavy atom. The maximum atomic E-state index is 15.6. The van der Waals surface area contributed by atoms with E-state index in [2.05, 4.69) is 5.32 Å². The molecule has 0 unspecified atom stereocenters. The SMILES string of the molecule is C[C@H]1CN2C(=O)c3cc(F)c(-c4ccc(F)c5sc(N)c(C#N)c45)c(Cl)c3OCC[C@H]2CN1. The van der Waals surface area contributed by atoms with Gasteiger partial charge in [0.1, 0.15) is 22.7 Å². The molecule has 2 aliphatic heterocycles. The third-order valence-corrected chi connectivity index (χ3v) is 7.56. The second kappa shape index (κ2) is 8.13. The molecule has 2 aromatic carbocycles. The van der Waals surface area contributed by atoms with Crippen LogP contribution in [0.25, 0.3) is 21.2 Å². The predicted octanol–water partition coefficient (Wildman–Crippen LogP) is 4.54. The van der Waals surface area contributed by atoms with Crippen LogP contribution >= 0.6 is 22.9 Å². The molecule has 3 aromatic rings. The molecule has 1 fully saturated rings. The molecule has 1 saturated heterocycles. The van der Waals surface area contributed by atoms with Crippen LogP contribution in [-0.4, -0.2) is 42.6 Å². The summed E-state index contributed by atoms with van der Waals surface area (Å²) in [6.07, 6.45) is 0.592. The number of hydrogen-bond acceptors (Lipinski definition) is 6. The summed E-state index contributed by atoms with van der Waals surface area (Å²) < 4.78 is 36.1. The van der Waals surface area contributed by atoms with E-state index >= 15 is 4.39 Å². The second-order valence-electron chi connectivity index (χ2n) is 8.23. The Kier molecular flexibility index (Phi) is 5.40. The minimum atomic E-state index is -0.766. The molecule has 2 aliphatic rings. The molecule has 1 aromatic heterocycles. The number of ether oxygens (including phenoxy) is 1. The number of halogens is 3. The van der Waals surface area contributed by atoms with Crippen LogP contribution < -0.4 is 15.8 Å². The number of nitrogens with two attached hydrogens (primary N) is 1. The first-order chi connectivity index (χ1) is 15.8. The molecule has 2 atom stereocenters. The smallest absolute Gasteiger partial charge is 0.258 e. The Morgan fingerprint density at radius 1 is 1.33 bits per heavy atom. The van der Waals surface area contributed by atoms with Crippen molar-refractivity contribution < 1.29 is 18.3 Å². The fourth-order valence-electron chi connectivity index (χ4n) is 4.57. The van der Waals surface area contributed by atoms with Crippen LogP contribution in [0.1, 0.15) is 29.3 Å². The first kappa shape index (κ1) is 21.9. The highest BCUT2D eigenvalue weighted by Gasteiger charge is 2.35. The summed E-state index contributed by atoms with van der Waals surface area (Å²) in [6, 6.07) is 5.67. The molecule has 3 N–H and O–H groups in total. The Morgan fingerprint density at radius 3 is 2.88 bits per heavy atom. The van der Waals surface area contributed by atoms with E-state index in [-0.39, 0.29) is 72.7 Å². The molecule has 3 heterocycles. The van der Waals surface area contributed by atoms with Crippen molar-refractivity contribution in [1.82, 2.24) is 10.2 Å². The molecular weight excluding hydrogens is 470 g/mol. The summed E-state index contributed by atoms with van der Waals surface area (Å²) in [4.78, 5) is 15.1. The summed E-state index contributed by atoms with van der Waals surface area (Å²) in [5.41, 5.74) is 6.17. The second-order valence-corrected chi connectivity index (χ2v) is 9.66. The van der Waals surface area contributed by atoms with Gasteiger partial charge in [-0.05, 0) is 24.6 Å². The van der Waals surface area contributed by atoms with Crippen LogP contribution in [0.2, 0.25) is 5.02 Å². The standard InChI is InChI=1S/C23H19ClF2N4O2S/c1-10-9-30-11(8-29-10)4-5-32-20-13(23(30)31)6-16(26)18(19(20)24)12-2-3-15(25)21-17(12)14(7-27)22(28)33-21/h2-3,6,10-11,29H,4-5,8-9,28H2,1H3/t10-,11-/m0/s1. The Bertz CT molecular complexity index is 1350. The van der Waals surface area contributed by atoms with E-state index in [1.807, 2.05) is 13.0 Å². The lowest BCUT2D eigenvalue weighted by Gasteiger charge is -2.41. The molecule has 1 amide bonds. The minimum Gasteiger partial charge on any atom is -0.491 e. The van der Waals surface area contributed by atoms with Crippen LogP contribution in [0.4, 0.5) is 13.8 Å². The number of nitriles is 1. The number of hydrogen-bond donors (Lipinski definition) is 2. The summed E-state index contributed by atoms with van der Waals surface area (Å²) in [5, 5.41) is 13.2. The van der Waals surface area contributed by atoms with Crippen molar-refractivity contribution in [2.24, 2.45) is 0 Å². The van der Waals surface area contributed by atoms with Crippen LogP contribution in [-0.2, 0) is 0 Å². The van der Waals surface area contributed by atoms with Crippen LogP contribution in [0.5, 0.6) is 5.75 Å². The number of nitrogens with zero attached hydrogens (tertiary/aromatic N) is 2. The van der Waals surface area contributed by atoms with Crippen molar-refractivity contribution in [3.63, 3.8) is 0 Å². The van der Waals surface area contributed by atoms with Crippen molar-refractivity contribution in [2.75, 3.05) is 25.4 Å². The number of benzene rings is 2. The number of anilines is 1. The summed E-state index contributed by atoms with van der Waals surface area (Å²) in [5.74, 6) is -1.60. The molecule has 0 spiro atoms. The van der Waals surface area contributed by atoms with E-state index in [1.54, 1.807) is 4.90 Å². The summed E-state index contributed by atoms with van der Waals surface area (Å²) in [6.45, 7) is 3.39. The first-order valence-corrected chi connectivity index (χ1v) is 11.6. The normalized spacial score (nSPS) is 20.5. The third-order valence-electron chi connectivity index (χ3n) is 6.17. The monoisotopic (exact) mass is 488 g/mol. The molecule has 5 rings (SSSR count). The number of thiophene rings is 1. The van der Waals surface area contributed by atoms with Gasteiger partial charge in [0.05, 0.1) is 27.5 Å². The van der Waals surface area contributed by atoms with E-state index in [4.69, 9.17) is 22.1 Å². The van der Waals surface area contributed by atoms with Crippen molar-refractivity contribution in [3.05, 3.63) is 46.0 Å². The van der Waals surface area contributed by atoms with Gasteiger partial charge in [-0.15, -0.1) is 11.3 Å². The highest BCUT2D eigenvalue weighted by atomic mass is 35.5. The topological polar surface area (TPSA) is 91.4 Å². The quantitative estimate of drug-likeness (QED) is 0.525. The highest BCUT2D eigenvalue weighted by molar-refractivity contribution is 7.23. The zero-order valence-electron chi connectivity index (χ0n) is 17.5. The van der Waals surface area contributed by atoms with E-state index < -0.39 is 11.6 Å². The number of carbonyl (C=O) groups excluding carboxylic acids is 1. The number of amides is 1. The van der Waals surface area contributed by atoms with Crippen LogP contribution in [0, 0.1) is 23.0 Å². The Balaban J connectivity index is 1.72. The van der Waals surface area contributed by atoms with Gasteiger partial charge in [0.15, 0.2) is 5.75 Å². The van der Waals surface area contributed by atoms with E-state index in [0.717, 1.165) is 17.4 Å². The summed E-state index contributed by atoms with van der Waals surface area (Å²) in [7, 11) is 0. The fourth-order valence-corrected chi connectivity index (χ4v) is 5.87. The molecule has 10 heteroatoms. The van der Waals surface area contributed by atoms with Crippen LogP contribution in [0.15, 0.2) is 18.2 Å².